The van der Waals surface area contributed by atoms with E-state index in [1.54, 1.807) is 11.9 Å². The van der Waals surface area contributed by atoms with Crippen molar-refractivity contribution in [2.24, 2.45) is 5.41 Å². The van der Waals surface area contributed by atoms with Crippen LogP contribution in [0.5, 0.6) is 0 Å². The zero-order valence-electron chi connectivity index (χ0n) is 15.7. The predicted molar refractivity (Wildman–Crippen MR) is 106 cm³/mol. The van der Waals surface area contributed by atoms with E-state index in [9.17, 15) is 9.59 Å². The van der Waals surface area contributed by atoms with Crippen LogP contribution < -0.4 is 4.90 Å². The van der Waals surface area contributed by atoms with Crippen molar-refractivity contribution in [2.75, 3.05) is 11.9 Å². The second-order valence-corrected chi connectivity index (χ2v) is 7.56. The molecule has 0 aliphatic carbocycles. The normalized spacial score (nSPS) is 11.5. The third kappa shape index (κ3) is 3.40. The van der Waals surface area contributed by atoms with E-state index < -0.39 is 5.41 Å². The summed E-state index contributed by atoms with van der Waals surface area (Å²) in [6.07, 6.45) is 1.81. The number of Topliss-reactive ketones (excluding diaryl/α,β-unsaturated/α-hetero) is 1. The summed E-state index contributed by atoms with van der Waals surface area (Å²) in [4.78, 5) is 27.2. The Morgan fingerprint density at radius 2 is 1.58 bits per heavy atom. The first kappa shape index (κ1) is 17.9. The standard InChI is InChI=1S/C22H24N2O2/c1-22(2,3)21(26)18-14-24(19-13-9-8-12-17(18)19)15-20(25)23(4)16-10-6-5-7-11-16/h5-14H,15H2,1-4H3. The number of likely N-dealkylation sites (N-methyl/N-ethyl adjacent to an activating group) is 1. The van der Waals surface area contributed by atoms with Crippen molar-refractivity contribution < 1.29 is 9.59 Å². The summed E-state index contributed by atoms with van der Waals surface area (Å²) in [7, 11) is 1.77. The molecular formula is C22H24N2O2. The molecule has 26 heavy (non-hydrogen) atoms. The highest BCUT2D eigenvalue weighted by Gasteiger charge is 2.26. The molecule has 0 bridgehead atoms. The molecule has 1 heterocycles. The smallest absolute Gasteiger partial charge is 0.246 e. The number of rotatable bonds is 4. The van der Waals surface area contributed by atoms with Gasteiger partial charge in [-0.1, -0.05) is 57.2 Å². The Morgan fingerprint density at radius 1 is 0.962 bits per heavy atom. The lowest BCUT2D eigenvalue weighted by atomic mass is 9.86. The van der Waals surface area contributed by atoms with Crippen LogP contribution in [0.15, 0.2) is 60.8 Å². The van der Waals surface area contributed by atoms with E-state index in [2.05, 4.69) is 0 Å². The van der Waals surface area contributed by atoms with E-state index in [1.807, 2.05) is 86.1 Å². The number of para-hydroxylation sites is 2. The lowest BCUT2D eigenvalue weighted by molar-refractivity contribution is -0.118. The molecule has 0 radical (unpaired) electrons. The largest absolute Gasteiger partial charge is 0.337 e. The number of carbonyl (C=O) groups is 2. The molecule has 0 saturated heterocycles. The van der Waals surface area contributed by atoms with Crippen molar-refractivity contribution in [3.8, 4) is 0 Å². The van der Waals surface area contributed by atoms with E-state index in [1.165, 1.54) is 0 Å². The SMILES string of the molecule is CN(C(=O)Cn1cc(C(=O)C(C)(C)C)c2ccccc21)c1ccccc1. The van der Waals surface area contributed by atoms with Crippen LogP contribution in [0.25, 0.3) is 10.9 Å². The molecule has 3 rings (SSSR count). The molecule has 2 aromatic carbocycles. The first-order valence-corrected chi connectivity index (χ1v) is 8.73. The summed E-state index contributed by atoms with van der Waals surface area (Å²) in [6.45, 7) is 5.92. The summed E-state index contributed by atoms with van der Waals surface area (Å²) in [5.41, 5.74) is 1.94. The Labute approximate surface area is 154 Å². The average molecular weight is 348 g/mol. The number of hydrogen-bond donors (Lipinski definition) is 0. The Bertz CT molecular complexity index is 949. The highest BCUT2D eigenvalue weighted by Crippen LogP contribution is 2.28. The van der Waals surface area contributed by atoms with Crippen molar-refractivity contribution in [1.29, 1.82) is 0 Å². The van der Waals surface area contributed by atoms with Gasteiger partial charge in [0.25, 0.3) is 0 Å². The molecule has 0 saturated carbocycles. The highest BCUT2D eigenvalue weighted by atomic mass is 16.2. The second-order valence-electron chi connectivity index (χ2n) is 7.56. The molecule has 0 atom stereocenters. The molecule has 0 aliphatic heterocycles. The minimum atomic E-state index is -0.472. The summed E-state index contributed by atoms with van der Waals surface area (Å²) in [5, 5.41) is 0.891. The molecule has 0 spiro atoms. The van der Waals surface area contributed by atoms with Crippen LogP contribution in [0, 0.1) is 5.41 Å². The average Bonchev–Trinajstić information content (AvgIpc) is 2.99. The monoisotopic (exact) mass is 348 g/mol. The summed E-state index contributed by atoms with van der Waals surface area (Å²) >= 11 is 0. The molecule has 3 aromatic rings. The van der Waals surface area contributed by atoms with Crippen molar-refractivity contribution in [3.63, 3.8) is 0 Å². The van der Waals surface area contributed by atoms with Gasteiger partial charge in [0, 0.05) is 40.8 Å². The Balaban J connectivity index is 1.96. The molecule has 0 fully saturated rings. The highest BCUT2D eigenvalue weighted by molar-refractivity contribution is 6.10. The molecule has 0 aliphatic rings. The van der Waals surface area contributed by atoms with Gasteiger partial charge in [-0.15, -0.1) is 0 Å². The first-order chi connectivity index (χ1) is 12.3. The molecule has 134 valence electrons. The van der Waals surface area contributed by atoms with Crippen LogP contribution in [0.3, 0.4) is 0 Å². The van der Waals surface area contributed by atoms with Crippen LogP contribution in [-0.4, -0.2) is 23.3 Å². The van der Waals surface area contributed by atoms with Gasteiger partial charge in [0.05, 0.1) is 0 Å². The van der Waals surface area contributed by atoms with E-state index in [0.29, 0.717) is 5.56 Å². The third-order valence-corrected chi connectivity index (χ3v) is 4.54. The van der Waals surface area contributed by atoms with Gasteiger partial charge in [-0.3, -0.25) is 9.59 Å². The lowest BCUT2D eigenvalue weighted by Gasteiger charge is -2.18. The van der Waals surface area contributed by atoms with E-state index >= 15 is 0 Å². The van der Waals surface area contributed by atoms with Crippen molar-refractivity contribution >= 4 is 28.3 Å². The van der Waals surface area contributed by atoms with Crippen LogP contribution in [-0.2, 0) is 11.3 Å². The van der Waals surface area contributed by atoms with Gasteiger partial charge in [0.15, 0.2) is 5.78 Å². The van der Waals surface area contributed by atoms with Gasteiger partial charge in [-0.25, -0.2) is 0 Å². The van der Waals surface area contributed by atoms with Crippen LogP contribution in [0.4, 0.5) is 5.69 Å². The summed E-state index contributed by atoms with van der Waals surface area (Å²) in [6, 6.07) is 17.3. The molecular weight excluding hydrogens is 324 g/mol. The van der Waals surface area contributed by atoms with E-state index in [0.717, 1.165) is 16.6 Å². The number of fused-ring (bicyclic) bond motifs is 1. The van der Waals surface area contributed by atoms with E-state index in [-0.39, 0.29) is 18.2 Å². The number of hydrogen-bond acceptors (Lipinski definition) is 2. The fraction of sp³-hybridized carbons (Fsp3) is 0.273. The summed E-state index contributed by atoms with van der Waals surface area (Å²) < 4.78 is 1.87. The Hall–Kier alpha value is -2.88. The Kier molecular flexibility index (Phi) is 4.68. The van der Waals surface area contributed by atoms with Crippen molar-refractivity contribution in [3.05, 3.63) is 66.4 Å². The van der Waals surface area contributed by atoms with Gasteiger partial charge in [-0.05, 0) is 18.2 Å². The quantitative estimate of drug-likeness (QED) is 0.650. The minimum Gasteiger partial charge on any atom is -0.337 e. The maximum Gasteiger partial charge on any atom is 0.246 e. The van der Waals surface area contributed by atoms with Gasteiger partial charge in [0.2, 0.25) is 5.91 Å². The predicted octanol–water partition coefficient (Wildman–Crippen LogP) is 4.53. The van der Waals surface area contributed by atoms with E-state index in [4.69, 9.17) is 0 Å². The van der Waals surface area contributed by atoms with Crippen LogP contribution >= 0.6 is 0 Å². The van der Waals surface area contributed by atoms with Gasteiger partial charge in [-0.2, -0.15) is 0 Å². The minimum absolute atomic E-state index is 0.0355. The van der Waals surface area contributed by atoms with Gasteiger partial charge >= 0.3 is 0 Å². The molecule has 0 N–H and O–H groups in total. The summed E-state index contributed by atoms with van der Waals surface area (Å²) in [5.74, 6) is 0.0445. The first-order valence-electron chi connectivity index (χ1n) is 8.73. The van der Waals surface area contributed by atoms with Crippen molar-refractivity contribution in [1.82, 2.24) is 4.57 Å². The third-order valence-electron chi connectivity index (χ3n) is 4.54. The second kappa shape index (κ2) is 6.79. The van der Waals surface area contributed by atoms with Crippen molar-refractivity contribution in [2.45, 2.75) is 27.3 Å². The number of aromatic nitrogens is 1. The maximum atomic E-state index is 12.8. The Morgan fingerprint density at radius 3 is 2.23 bits per heavy atom. The van der Waals surface area contributed by atoms with Gasteiger partial charge < -0.3 is 9.47 Å². The molecule has 1 aromatic heterocycles. The topological polar surface area (TPSA) is 42.3 Å². The number of amides is 1. The fourth-order valence-electron chi connectivity index (χ4n) is 3.01. The van der Waals surface area contributed by atoms with Gasteiger partial charge in [0.1, 0.15) is 6.54 Å². The number of nitrogens with zero attached hydrogens (tertiary/aromatic N) is 2. The number of benzene rings is 2. The van der Waals surface area contributed by atoms with Crippen LogP contribution in [0.2, 0.25) is 0 Å². The molecule has 4 nitrogen and oxygen atoms in total. The molecule has 4 heteroatoms. The zero-order chi connectivity index (χ0) is 18.9. The number of anilines is 1. The number of ketones is 1. The molecule has 1 amide bonds. The maximum absolute atomic E-state index is 12.8. The fourth-order valence-corrected chi connectivity index (χ4v) is 3.01. The van der Waals surface area contributed by atoms with Crippen LogP contribution in [0.1, 0.15) is 31.1 Å². The lowest BCUT2D eigenvalue weighted by Crippen LogP contribution is -2.29. The number of carbonyl (C=O) groups excluding carboxylic acids is 2. The molecule has 0 unspecified atom stereocenters. The zero-order valence-corrected chi connectivity index (χ0v) is 15.7.